The fourth-order valence-corrected chi connectivity index (χ4v) is 11.4. The van der Waals surface area contributed by atoms with E-state index in [2.05, 4.69) is 35.1 Å². The monoisotopic (exact) mass is 1170 g/mol. The number of piperidine rings is 2. The van der Waals surface area contributed by atoms with Gasteiger partial charge < -0.3 is 35.8 Å². The lowest BCUT2D eigenvalue weighted by molar-refractivity contribution is 0.0507. The van der Waals surface area contributed by atoms with Crippen LogP contribution in [-0.4, -0.2) is 143 Å². The molecule has 4 saturated heterocycles. The van der Waals surface area contributed by atoms with Crippen LogP contribution in [-0.2, 0) is 24.8 Å². The third-order valence-corrected chi connectivity index (χ3v) is 15.0. The van der Waals surface area contributed by atoms with Crippen molar-refractivity contribution in [3.8, 4) is 0 Å². The normalized spacial score (nSPS) is 19.9. The summed E-state index contributed by atoms with van der Waals surface area (Å²) in [6, 6.07) is 16.2. The van der Waals surface area contributed by atoms with Crippen LogP contribution >= 0.6 is 34.8 Å². The molecule has 0 bridgehead atoms. The summed E-state index contributed by atoms with van der Waals surface area (Å²) in [7, 11) is -7.14. The predicted molar refractivity (Wildman–Crippen MR) is 302 cm³/mol. The molecule has 27 heteroatoms. The van der Waals surface area contributed by atoms with Crippen LogP contribution in [0.3, 0.4) is 0 Å². The molecular weight excluding hydrogens is 1110 g/mol. The van der Waals surface area contributed by atoms with Crippen molar-refractivity contribution < 1.29 is 36.0 Å². The van der Waals surface area contributed by atoms with Gasteiger partial charge in [0.15, 0.2) is 11.3 Å². The molecule has 4 atom stereocenters. The molecule has 22 nitrogen and oxygen atoms in total. The number of alkyl carbamates (subject to hydrolysis) is 1. The Bertz CT molecular complexity index is 3390. The van der Waals surface area contributed by atoms with Crippen molar-refractivity contribution in [2.75, 3.05) is 66.1 Å². The van der Waals surface area contributed by atoms with E-state index in [9.17, 15) is 31.2 Å². The van der Waals surface area contributed by atoms with E-state index in [1.807, 2.05) is 39.1 Å². The quantitative estimate of drug-likeness (QED) is 0.0900. The zero-order valence-electron chi connectivity index (χ0n) is 44.0. The highest BCUT2D eigenvalue weighted by Gasteiger charge is 2.34. The minimum Gasteiger partial charge on any atom is -0.444 e. The Hall–Kier alpha value is -6.02. The molecule has 0 saturated carbocycles. The minimum absolute atomic E-state index is 0.154. The fourth-order valence-electron chi connectivity index (χ4n) is 9.74. The second-order valence-corrected chi connectivity index (χ2v) is 25.5. The number of rotatable bonds is 10. The summed E-state index contributed by atoms with van der Waals surface area (Å²) in [5, 5.41) is 16.0. The molecule has 10 rings (SSSR count). The van der Waals surface area contributed by atoms with Gasteiger partial charge in [-0.15, -0.1) is 5.10 Å². The van der Waals surface area contributed by atoms with Gasteiger partial charge in [-0.1, -0.05) is 34.8 Å². The molecule has 4 aliphatic rings. The fraction of sp³-hybridized carbons (Fsp3) is 0.471. The summed E-state index contributed by atoms with van der Waals surface area (Å²) in [6.45, 7) is 10.1. The van der Waals surface area contributed by atoms with Gasteiger partial charge in [-0.3, -0.25) is 19.0 Å². The average Bonchev–Trinajstić information content (AvgIpc) is 4.34. The number of halogens is 3. The Morgan fingerprint density at radius 2 is 1.22 bits per heavy atom. The molecule has 78 heavy (non-hydrogen) atoms. The Labute approximate surface area is 468 Å². The number of carbonyl (C=O) groups is 3. The molecule has 420 valence electrons. The topological polar surface area (TPSA) is 273 Å². The molecular formula is C51H65Cl3N14O8S2. The molecule has 3 amide bonds. The van der Waals surface area contributed by atoms with Crippen LogP contribution in [0.15, 0.2) is 73.1 Å². The van der Waals surface area contributed by atoms with Gasteiger partial charge in [0.2, 0.25) is 20.0 Å². The van der Waals surface area contributed by atoms with Gasteiger partial charge in [-0.05, 0) is 139 Å². The predicted octanol–water partition coefficient (Wildman–Crippen LogP) is 7.31. The first kappa shape index (κ1) is 58.1. The molecule has 6 aromatic rings. The molecule has 2 aromatic carbocycles. The van der Waals surface area contributed by atoms with E-state index in [1.54, 1.807) is 43.2 Å². The van der Waals surface area contributed by atoms with Gasteiger partial charge in [0.25, 0.3) is 11.8 Å². The maximum atomic E-state index is 13.7. The lowest BCUT2D eigenvalue weighted by Crippen LogP contribution is -2.40. The lowest BCUT2D eigenvalue weighted by atomic mass is 9.98. The zero-order valence-corrected chi connectivity index (χ0v) is 47.9. The van der Waals surface area contributed by atoms with Crippen LogP contribution in [0.2, 0.25) is 15.2 Å². The second kappa shape index (κ2) is 24.6. The highest BCUT2D eigenvalue weighted by molar-refractivity contribution is 7.92. The van der Waals surface area contributed by atoms with Crippen molar-refractivity contribution in [1.29, 1.82) is 0 Å². The zero-order chi connectivity index (χ0) is 56.1. The number of imidazole rings is 2. The van der Waals surface area contributed by atoms with E-state index < -0.39 is 25.6 Å². The van der Waals surface area contributed by atoms with Crippen molar-refractivity contribution in [2.24, 2.45) is 5.73 Å². The van der Waals surface area contributed by atoms with Gasteiger partial charge in [0, 0.05) is 54.9 Å². The van der Waals surface area contributed by atoms with Crippen LogP contribution in [0.4, 0.5) is 22.0 Å². The molecule has 0 spiro atoms. The summed E-state index contributed by atoms with van der Waals surface area (Å²) < 4.78 is 60.5. The number of nitrogens with zero attached hydrogens (tertiary/aromatic N) is 9. The van der Waals surface area contributed by atoms with E-state index in [1.165, 1.54) is 30.3 Å². The van der Waals surface area contributed by atoms with E-state index in [-0.39, 0.29) is 64.6 Å². The number of hydrogen-bond acceptors (Lipinski definition) is 15. The van der Waals surface area contributed by atoms with Crippen LogP contribution < -0.4 is 30.7 Å². The smallest absolute Gasteiger partial charge is 0.407 e. The number of amides is 3. The molecule has 4 fully saturated rings. The van der Waals surface area contributed by atoms with Crippen LogP contribution in [0.1, 0.15) is 116 Å². The first-order chi connectivity index (χ1) is 36.9. The summed E-state index contributed by atoms with van der Waals surface area (Å²) in [4.78, 5) is 53.4. The summed E-state index contributed by atoms with van der Waals surface area (Å²) >= 11 is 18.2. The number of fused-ring (bicyclic) bond motifs is 2. The third-order valence-electron chi connectivity index (χ3n) is 13.2. The van der Waals surface area contributed by atoms with Crippen molar-refractivity contribution in [1.82, 2.24) is 49.6 Å². The van der Waals surface area contributed by atoms with Crippen LogP contribution in [0.25, 0.3) is 11.3 Å². The minimum atomic E-state index is -3.57. The second-order valence-electron chi connectivity index (χ2n) is 20.8. The lowest BCUT2D eigenvalue weighted by Gasteiger charge is -2.35. The van der Waals surface area contributed by atoms with E-state index in [0.717, 1.165) is 102 Å². The average molecular weight is 1170 g/mol. The van der Waals surface area contributed by atoms with Crippen molar-refractivity contribution in [2.45, 2.75) is 102 Å². The summed E-state index contributed by atoms with van der Waals surface area (Å²) in [5.74, 6) is 0.248. The van der Waals surface area contributed by atoms with E-state index in [0.29, 0.717) is 45.3 Å². The highest BCUT2D eigenvalue weighted by atomic mass is 35.5. The Kier molecular flexibility index (Phi) is 18.3. The third kappa shape index (κ3) is 15.4. The molecule has 0 radical (unpaired) electrons. The maximum Gasteiger partial charge on any atom is 0.407 e. The molecule has 4 aromatic heterocycles. The van der Waals surface area contributed by atoms with Crippen LogP contribution in [0, 0.1) is 0 Å². The Morgan fingerprint density at radius 3 is 1.69 bits per heavy atom. The standard InChI is InChI=1S/C23H28ClN7O3S.C19H19Cl2N5O3S.C9H18N2O2/c1-35(33,34)28-18-6-5-15(24)12-17(18)23(32)30-10-3-2-4-20(30)19-14-31-21(26-19)7-8-22(27-31)29-11-9-16(25)13-29;1-30(28,29)24-14-6-5-12(20)10-13(14)19(27)25-9-3-2-4-16(25)15-11-26-18(22-15)8-7-17(21)23-26;1-9(2,3)13-8(12)11-7-4-5-10-6-7/h5-8,12,14,16,20,28H,2-4,9-11,13,25H2,1H3;5-8,10-11,16,24H,2-4,9H2,1H3;7,10H,4-6H2,1-3H3,(H,11,12)/t16-,20-;16-;7-/m000/s1. The number of likely N-dealkylation sites (tertiary alicyclic amines) is 2. The number of carbonyl (C=O) groups excluding carboxylic acids is 3. The van der Waals surface area contributed by atoms with Crippen molar-refractivity contribution in [3.05, 3.63) is 111 Å². The number of ether oxygens (including phenoxy) is 1. The first-order valence-corrected chi connectivity index (χ1v) is 30.5. The van der Waals surface area contributed by atoms with Crippen molar-refractivity contribution >= 4 is 101 Å². The van der Waals surface area contributed by atoms with Crippen LogP contribution in [0.5, 0.6) is 0 Å². The van der Waals surface area contributed by atoms with Gasteiger partial charge in [0.1, 0.15) is 16.6 Å². The number of hydrogen-bond donors (Lipinski definition) is 5. The summed E-state index contributed by atoms with van der Waals surface area (Å²) in [6.07, 6.45) is 12.4. The molecule has 6 N–H and O–H groups in total. The number of benzene rings is 2. The Morgan fingerprint density at radius 1 is 0.692 bits per heavy atom. The van der Waals surface area contributed by atoms with Gasteiger partial charge in [0.05, 0.1) is 70.9 Å². The first-order valence-electron chi connectivity index (χ1n) is 25.6. The number of nitrogens with two attached hydrogens (primary N) is 1. The highest BCUT2D eigenvalue weighted by Crippen LogP contribution is 2.36. The van der Waals surface area contributed by atoms with Gasteiger partial charge in [-0.2, -0.15) is 5.10 Å². The SMILES string of the molecule is CC(C)(C)OC(=O)N[C@H]1CCNC1.CS(=O)(=O)Nc1ccc(Cl)cc1C(=O)N1CCCC[C@H]1c1cn2nc(Cl)ccc2n1.CS(=O)(=O)Nc1ccc(Cl)cc1C(=O)N1CCCC[C@H]1c1cn2nc(N3CC[C@H](N)C3)ccc2n1. The van der Waals surface area contributed by atoms with Gasteiger partial charge >= 0.3 is 6.09 Å². The van der Waals surface area contributed by atoms with Gasteiger partial charge in [-0.25, -0.2) is 40.6 Å². The Balaban J connectivity index is 0.000000169. The number of sulfonamides is 2. The molecule has 0 aliphatic carbocycles. The number of anilines is 3. The maximum absolute atomic E-state index is 13.7. The number of nitrogens with one attached hydrogen (secondary N) is 4. The molecule has 4 aliphatic heterocycles. The summed E-state index contributed by atoms with van der Waals surface area (Å²) in [5.41, 5.74) is 9.25. The van der Waals surface area contributed by atoms with E-state index in [4.69, 9.17) is 55.4 Å². The van der Waals surface area contributed by atoms with E-state index >= 15 is 0 Å². The molecule has 0 unspecified atom stereocenters. The molecule has 8 heterocycles. The number of aromatic nitrogens is 6. The van der Waals surface area contributed by atoms with Crippen molar-refractivity contribution in [3.63, 3.8) is 0 Å². The largest absolute Gasteiger partial charge is 0.444 e.